The summed E-state index contributed by atoms with van der Waals surface area (Å²) >= 11 is 0. The molecule has 0 saturated heterocycles. The van der Waals surface area contributed by atoms with Crippen LogP contribution in [-0.2, 0) is 14.4 Å². The first-order valence-electron chi connectivity index (χ1n) is 7.98. The van der Waals surface area contributed by atoms with Gasteiger partial charge in [0.1, 0.15) is 17.3 Å². The number of Topliss-reactive ketones (excluding diaryl/α,β-unsaturated/α-hetero) is 3. The van der Waals surface area contributed by atoms with E-state index in [1.807, 2.05) is 0 Å². The minimum atomic E-state index is -1.33. The second-order valence-corrected chi connectivity index (χ2v) is 6.69. The van der Waals surface area contributed by atoms with Crippen LogP contribution in [0.1, 0.15) is 66.2 Å². The van der Waals surface area contributed by atoms with Crippen molar-refractivity contribution in [3.05, 3.63) is 0 Å². The maximum atomic E-state index is 12.2. The van der Waals surface area contributed by atoms with Gasteiger partial charge in [0, 0.05) is 6.42 Å². The van der Waals surface area contributed by atoms with Crippen molar-refractivity contribution in [2.24, 2.45) is 17.8 Å². The first-order valence-corrected chi connectivity index (χ1v) is 7.98. The minimum Gasteiger partial charge on any atom is -0.389 e. The van der Waals surface area contributed by atoms with Gasteiger partial charge in [-0.1, -0.05) is 32.6 Å². The van der Waals surface area contributed by atoms with E-state index in [2.05, 4.69) is 6.92 Å². The van der Waals surface area contributed by atoms with Crippen LogP contribution in [0.15, 0.2) is 0 Å². The standard InChI is InChI=1S/C17H28O4/c1-5-6-7-8-9-13-15(11(2)18)14(20)10-17(4,21)16(13)12(3)19/h13,15-16,21H,5-10H2,1-4H3/t13-,15-,16-,17-/m1/s1. The number of unbranched alkanes of at least 4 members (excludes halogenated alkanes) is 3. The summed E-state index contributed by atoms with van der Waals surface area (Å²) < 4.78 is 0. The Morgan fingerprint density at radius 2 is 1.81 bits per heavy atom. The molecule has 1 N–H and O–H groups in total. The first-order chi connectivity index (χ1) is 9.72. The first kappa shape index (κ1) is 18.0. The van der Waals surface area contributed by atoms with Crippen LogP contribution in [0, 0.1) is 17.8 Å². The molecule has 120 valence electrons. The van der Waals surface area contributed by atoms with Crippen LogP contribution in [0.25, 0.3) is 0 Å². The smallest absolute Gasteiger partial charge is 0.146 e. The zero-order chi connectivity index (χ0) is 16.2. The predicted molar refractivity (Wildman–Crippen MR) is 80.8 cm³/mol. The number of hydrogen-bond acceptors (Lipinski definition) is 4. The molecule has 4 atom stereocenters. The molecule has 0 spiro atoms. The molecule has 0 aromatic rings. The Bertz CT molecular complexity index is 411. The Morgan fingerprint density at radius 3 is 2.29 bits per heavy atom. The number of aliphatic hydroxyl groups is 1. The van der Waals surface area contributed by atoms with E-state index in [1.165, 1.54) is 13.8 Å². The van der Waals surface area contributed by atoms with E-state index in [4.69, 9.17) is 0 Å². The molecular weight excluding hydrogens is 268 g/mol. The molecule has 0 aromatic heterocycles. The number of ketones is 3. The SMILES string of the molecule is CCCCCC[C@@H]1[C@@H](C(C)=O)C(=O)C[C@@](C)(O)[C@@H]1C(C)=O. The van der Waals surface area contributed by atoms with Gasteiger partial charge in [0.2, 0.25) is 0 Å². The van der Waals surface area contributed by atoms with Crippen LogP contribution in [0.4, 0.5) is 0 Å². The predicted octanol–water partition coefficient (Wildman–Crippen LogP) is 2.71. The van der Waals surface area contributed by atoms with Gasteiger partial charge in [-0.15, -0.1) is 0 Å². The summed E-state index contributed by atoms with van der Waals surface area (Å²) in [6.45, 7) is 6.53. The molecule has 0 heterocycles. The van der Waals surface area contributed by atoms with Gasteiger partial charge in [-0.2, -0.15) is 0 Å². The zero-order valence-corrected chi connectivity index (χ0v) is 13.6. The van der Waals surface area contributed by atoms with Gasteiger partial charge in [-0.05, 0) is 33.1 Å². The monoisotopic (exact) mass is 296 g/mol. The summed E-state index contributed by atoms with van der Waals surface area (Å²) in [5, 5.41) is 10.5. The fourth-order valence-corrected chi connectivity index (χ4v) is 3.87. The molecule has 1 saturated carbocycles. The number of carbonyl (C=O) groups excluding carboxylic acids is 3. The number of carbonyl (C=O) groups is 3. The highest BCUT2D eigenvalue weighted by atomic mass is 16.3. The van der Waals surface area contributed by atoms with Gasteiger partial charge in [-0.3, -0.25) is 14.4 Å². The van der Waals surface area contributed by atoms with Crippen LogP contribution < -0.4 is 0 Å². The molecule has 21 heavy (non-hydrogen) atoms. The average molecular weight is 296 g/mol. The summed E-state index contributed by atoms with van der Waals surface area (Å²) in [4.78, 5) is 36.1. The van der Waals surface area contributed by atoms with Crippen molar-refractivity contribution >= 4 is 17.3 Å². The Morgan fingerprint density at radius 1 is 1.19 bits per heavy atom. The molecule has 0 bridgehead atoms. The molecule has 0 aliphatic heterocycles. The highest BCUT2D eigenvalue weighted by molar-refractivity contribution is 6.04. The molecule has 1 aliphatic rings. The fraction of sp³-hybridized carbons (Fsp3) is 0.824. The number of rotatable bonds is 7. The summed E-state index contributed by atoms with van der Waals surface area (Å²) in [7, 11) is 0. The van der Waals surface area contributed by atoms with Crippen molar-refractivity contribution in [3.8, 4) is 0 Å². The lowest BCUT2D eigenvalue weighted by molar-refractivity contribution is -0.156. The lowest BCUT2D eigenvalue weighted by atomic mass is 9.60. The van der Waals surface area contributed by atoms with Gasteiger partial charge in [-0.25, -0.2) is 0 Å². The highest BCUT2D eigenvalue weighted by Gasteiger charge is 2.52. The van der Waals surface area contributed by atoms with Crippen LogP contribution >= 0.6 is 0 Å². The second kappa shape index (κ2) is 7.30. The van der Waals surface area contributed by atoms with Gasteiger partial charge >= 0.3 is 0 Å². The Balaban J connectivity index is 3.00. The fourth-order valence-electron chi connectivity index (χ4n) is 3.87. The molecule has 1 rings (SSSR count). The average Bonchev–Trinajstić information content (AvgIpc) is 2.31. The quantitative estimate of drug-likeness (QED) is 0.579. The molecule has 4 nitrogen and oxygen atoms in total. The summed E-state index contributed by atoms with van der Waals surface area (Å²) in [6, 6.07) is 0. The van der Waals surface area contributed by atoms with Crippen molar-refractivity contribution in [2.45, 2.75) is 71.8 Å². The summed E-state index contributed by atoms with van der Waals surface area (Å²) in [6.07, 6.45) is 4.66. The van der Waals surface area contributed by atoms with Gasteiger partial charge in [0.05, 0.1) is 17.4 Å². The Kier molecular flexibility index (Phi) is 6.26. The lowest BCUT2D eigenvalue weighted by Crippen LogP contribution is -2.55. The van der Waals surface area contributed by atoms with E-state index >= 15 is 0 Å². The van der Waals surface area contributed by atoms with Crippen molar-refractivity contribution in [3.63, 3.8) is 0 Å². The minimum absolute atomic E-state index is 0.104. The number of hydrogen-bond donors (Lipinski definition) is 1. The van der Waals surface area contributed by atoms with Crippen molar-refractivity contribution in [2.75, 3.05) is 0 Å². The largest absolute Gasteiger partial charge is 0.389 e. The third-order valence-corrected chi connectivity index (χ3v) is 4.67. The molecule has 0 aromatic carbocycles. The molecular formula is C17H28O4. The molecule has 4 heteroatoms. The van der Waals surface area contributed by atoms with Crippen molar-refractivity contribution < 1.29 is 19.5 Å². The van der Waals surface area contributed by atoms with E-state index < -0.39 is 17.4 Å². The summed E-state index contributed by atoms with van der Waals surface area (Å²) in [5.41, 5.74) is -1.33. The molecule has 0 radical (unpaired) electrons. The third kappa shape index (κ3) is 4.22. The van der Waals surface area contributed by atoms with Gasteiger partial charge in [0.15, 0.2) is 0 Å². The van der Waals surface area contributed by atoms with Crippen molar-refractivity contribution in [1.29, 1.82) is 0 Å². The van der Waals surface area contributed by atoms with E-state index in [-0.39, 0.29) is 29.7 Å². The van der Waals surface area contributed by atoms with E-state index in [1.54, 1.807) is 6.92 Å². The second-order valence-electron chi connectivity index (χ2n) is 6.69. The highest BCUT2D eigenvalue weighted by Crippen LogP contribution is 2.43. The van der Waals surface area contributed by atoms with Crippen LogP contribution in [0.5, 0.6) is 0 Å². The molecule has 0 unspecified atom stereocenters. The maximum Gasteiger partial charge on any atom is 0.146 e. The van der Waals surface area contributed by atoms with E-state index in [0.717, 1.165) is 25.7 Å². The van der Waals surface area contributed by atoms with E-state index in [0.29, 0.717) is 6.42 Å². The van der Waals surface area contributed by atoms with Crippen LogP contribution in [-0.4, -0.2) is 28.1 Å². The zero-order valence-electron chi connectivity index (χ0n) is 13.6. The summed E-state index contributed by atoms with van der Waals surface area (Å²) in [5.74, 6) is -2.22. The van der Waals surface area contributed by atoms with E-state index in [9.17, 15) is 19.5 Å². The normalized spacial score (nSPS) is 33.0. The van der Waals surface area contributed by atoms with Crippen LogP contribution in [0.3, 0.4) is 0 Å². The Hall–Kier alpha value is -1.03. The molecule has 1 fully saturated rings. The third-order valence-electron chi connectivity index (χ3n) is 4.67. The topological polar surface area (TPSA) is 71.4 Å². The maximum absolute atomic E-state index is 12.2. The Labute approximate surface area is 127 Å². The molecule has 0 amide bonds. The van der Waals surface area contributed by atoms with Gasteiger partial charge < -0.3 is 5.11 Å². The molecule has 1 aliphatic carbocycles. The lowest BCUT2D eigenvalue weighted by Gasteiger charge is -2.44. The van der Waals surface area contributed by atoms with Gasteiger partial charge in [0.25, 0.3) is 0 Å². The van der Waals surface area contributed by atoms with Crippen LogP contribution in [0.2, 0.25) is 0 Å². The van der Waals surface area contributed by atoms with Crippen molar-refractivity contribution in [1.82, 2.24) is 0 Å².